The lowest BCUT2D eigenvalue weighted by Crippen LogP contribution is -2.42. The average Bonchev–Trinajstić information content (AvgIpc) is 3.32. The highest BCUT2D eigenvalue weighted by Crippen LogP contribution is 2.42. The van der Waals surface area contributed by atoms with E-state index in [0.29, 0.717) is 73.8 Å². The minimum Gasteiger partial charge on any atom is -0.507 e. The van der Waals surface area contributed by atoms with Gasteiger partial charge in [-0.25, -0.2) is 0 Å². The van der Waals surface area contributed by atoms with Gasteiger partial charge in [0.25, 0.3) is 11.7 Å². The number of aliphatic hydroxyl groups is 1. The molecular weight excluding hydrogens is 572 g/mol. The molecule has 9 heteroatoms. The van der Waals surface area contributed by atoms with Gasteiger partial charge in [0.15, 0.2) is 11.5 Å². The fourth-order valence-corrected chi connectivity index (χ4v) is 5.51. The van der Waals surface area contributed by atoms with Crippen LogP contribution in [0.4, 0.5) is 0 Å². The molecule has 1 atom stereocenters. The number of likely N-dealkylation sites (tertiary alicyclic amines) is 1. The summed E-state index contributed by atoms with van der Waals surface area (Å²) < 4.78 is 23.0. The molecule has 3 aromatic carbocycles. The monoisotopic (exact) mass is 614 g/mol. The quantitative estimate of drug-likeness (QED) is 0.154. The van der Waals surface area contributed by atoms with Crippen molar-refractivity contribution in [1.82, 2.24) is 9.80 Å². The molecule has 0 aliphatic carbocycles. The predicted molar refractivity (Wildman–Crippen MR) is 171 cm³/mol. The van der Waals surface area contributed by atoms with Crippen LogP contribution in [0.3, 0.4) is 0 Å². The predicted octanol–water partition coefficient (Wildman–Crippen LogP) is 5.45. The Bertz CT molecular complexity index is 1480. The van der Waals surface area contributed by atoms with Gasteiger partial charge in [0.1, 0.15) is 18.1 Å². The number of ketones is 1. The third-order valence-electron chi connectivity index (χ3n) is 8.13. The van der Waals surface area contributed by atoms with Crippen molar-refractivity contribution in [2.24, 2.45) is 5.92 Å². The number of carbonyl (C=O) groups excluding carboxylic acids is 2. The minimum atomic E-state index is -0.807. The number of morpholine rings is 1. The summed E-state index contributed by atoms with van der Waals surface area (Å²) in [4.78, 5) is 30.9. The zero-order valence-electron chi connectivity index (χ0n) is 26.2. The molecule has 0 aromatic heterocycles. The molecule has 2 heterocycles. The highest BCUT2D eigenvalue weighted by molar-refractivity contribution is 6.46. The van der Waals surface area contributed by atoms with Crippen LogP contribution >= 0.6 is 0 Å². The molecule has 2 aliphatic heterocycles. The van der Waals surface area contributed by atoms with Crippen LogP contribution in [0.5, 0.6) is 17.2 Å². The van der Waals surface area contributed by atoms with Gasteiger partial charge in [0.05, 0.1) is 38.5 Å². The Labute approximate surface area is 265 Å². The van der Waals surface area contributed by atoms with Crippen molar-refractivity contribution in [2.75, 3.05) is 53.1 Å². The molecule has 0 saturated carbocycles. The first-order valence-corrected chi connectivity index (χ1v) is 15.5. The van der Waals surface area contributed by atoms with Crippen molar-refractivity contribution in [3.63, 3.8) is 0 Å². The van der Waals surface area contributed by atoms with E-state index in [4.69, 9.17) is 18.9 Å². The summed E-state index contributed by atoms with van der Waals surface area (Å²) in [6.07, 6.45) is 0.892. The summed E-state index contributed by atoms with van der Waals surface area (Å²) in [5, 5.41) is 11.6. The summed E-state index contributed by atoms with van der Waals surface area (Å²) in [7, 11) is 1.56. The molecule has 2 aliphatic rings. The summed E-state index contributed by atoms with van der Waals surface area (Å²) in [6.45, 7) is 8.86. The van der Waals surface area contributed by atoms with Gasteiger partial charge in [-0.05, 0) is 59.9 Å². The van der Waals surface area contributed by atoms with Crippen LogP contribution in [0, 0.1) is 5.92 Å². The summed E-state index contributed by atoms with van der Waals surface area (Å²) in [6, 6.07) is 21.3. The fraction of sp³-hybridized carbons (Fsp3) is 0.389. The van der Waals surface area contributed by atoms with Crippen molar-refractivity contribution in [2.45, 2.75) is 32.9 Å². The average molecular weight is 615 g/mol. The van der Waals surface area contributed by atoms with Crippen LogP contribution < -0.4 is 14.2 Å². The maximum atomic E-state index is 13.6. The molecule has 9 nitrogen and oxygen atoms in total. The number of hydrogen-bond acceptors (Lipinski definition) is 8. The largest absolute Gasteiger partial charge is 0.507 e. The molecule has 5 rings (SSSR count). The van der Waals surface area contributed by atoms with E-state index in [1.165, 1.54) is 0 Å². The zero-order valence-corrected chi connectivity index (χ0v) is 26.2. The number of methoxy groups -OCH3 is 1. The second-order valence-corrected chi connectivity index (χ2v) is 11.7. The molecule has 238 valence electrons. The smallest absolute Gasteiger partial charge is 0.295 e. The van der Waals surface area contributed by atoms with Crippen molar-refractivity contribution in [3.05, 3.63) is 95.1 Å². The first kappa shape index (κ1) is 32.1. The Morgan fingerprint density at radius 2 is 1.67 bits per heavy atom. The van der Waals surface area contributed by atoms with Crippen LogP contribution in [0.2, 0.25) is 0 Å². The van der Waals surface area contributed by atoms with E-state index in [1.807, 2.05) is 36.4 Å². The number of Topliss-reactive ketones (excluding diaryl/α,β-unsaturated/α-hetero) is 1. The van der Waals surface area contributed by atoms with Gasteiger partial charge in [-0.3, -0.25) is 14.5 Å². The van der Waals surface area contributed by atoms with Gasteiger partial charge in [0, 0.05) is 31.7 Å². The van der Waals surface area contributed by atoms with Crippen LogP contribution in [-0.2, 0) is 20.9 Å². The molecule has 0 bridgehead atoms. The number of carbonyl (C=O) groups is 2. The van der Waals surface area contributed by atoms with Gasteiger partial charge in [-0.1, -0.05) is 50.2 Å². The maximum Gasteiger partial charge on any atom is 0.295 e. The van der Waals surface area contributed by atoms with E-state index in [-0.39, 0.29) is 11.3 Å². The number of aliphatic hydroxyl groups excluding tert-OH is 1. The van der Waals surface area contributed by atoms with Gasteiger partial charge in [-0.2, -0.15) is 0 Å². The summed E-state index contributed by atoms with van der Waals surface area (Å²) in [5.41, 5.74) is 2.14. The molecule has 0 spiro atoms. The van der Waals surface area contributed by atoms with Gasteiger partial charge >= 0.3 is 0 Å². The molecular formula is C36H42N2O7. The SMILES string of the molecule is COc1cc(C2/C(=C(\O)c3ccc(OCc4ccccc4)cc3)C(=O)C(=O)N2CCN2CCOCC2)ccc1OCCC(C)C. The number of hydrogen-bond donors (Lipinski definition) is 1. The van der Waals surface area contributed by atoms with E-state index < -0.39 is 17.7 Å². The topological polar surface area (TPSA) is 97.8 Å². The van der Waals surface area contributed by atoms with Crippen LogP contribution in [0.25, 0.3) is 5.76 Å². The van der Waals surface area contributed by atoms with Gasteiger partial charge in [0.2, 0.25) is 0 Å². The minimum absolute atomic E-state index is 0.0375. The lowest BCUT2D eigenvalue weighted by molar-refractivity contribution is -0.140. The number of ether oxygens (including phenoxy) is 4. The standard InChI is InChI=1S/C36H42N2O7/c1-25(2)15-20-44-30-14-11-28(23-31(30)42-3)33-32(35(40)36(41)38(33)17-16-37-18-21-43-22-19-37)34(39)27-9-12-29(13-10-27)45-24-26-7-5-4-6-8-26/h4-14,23,25,33,39H,15-22,24H2,1-3H3/b34-32+. The van der Waals surface area contributed by atoms with Crippen LogP contribution in [0.1, 0.15) is 43.0 Å². The molecule has 0 radical (unpaired) electrons. The van der Waals surface area contributed by atoms with Gasteiger partial charge < -0.3 is 29.0 Å². The molecule has 2 fully saturated rings. The van der Waals surface area contributed by atoms with Crippen LogP contribution in [0.15, 0.2) is 78.4 Å². The number of benzene rings is 3. The first-order chi connectivity index (χ1) is 21.9. The molecule has 3 aromatic rings. The highest BCUT2D eigenvalue weighted by atomic mass is 16.5. The molecule has 1 amide bonds. The molecule has 1 N–H and O–H groups in total. The Kier molecular flexibility index (Phi) is 10.8. The Morgan fingerprint density at radius 3 is 2.36 bits per heavy atom. The van der Waals surface area contributed by atoms with E-state index in [9.17, 15) is 14.7 Å². The summed E-state index contributed by atoms with van der Waals surface area (Å²) in [5.74, 6) is 0.585. The number of nitrogens with zero attached hydrogens (tertiary/aromatic N) is 2. The maximum absolute atomic E-state index is 13.6. The molecule has 1 unspecified atom stereocenters. The lowest BCUT2D eigenvalue weighted by Gasteiger charge is -2.31. The van der Waals surface area contributed by atoms with E-state index in [1.54, 1.807) is 48.4 Å². The highest BCUT2D eigenvalue weighted by Gasteiger charge is 2.46. The van der Waals surface area contributed by atoms with Crippen molar-refractivity contribution in [1.29, 1.82) is 0 Å². The van der Waals surface area contributed by atoms with E-state index in [2.05, 4.69) is 18.7 Å². The van der Waals surface area contributed by atoms with Gasteiger partial charge in [-0.15, -0.1) is 0 Å². The first-order valence-electron chi connectivity index (χ1n) is 15.5. The van der Waals surface area contributed by atoms with Crippen molar-refractivity contribution >= 4 is 17.4 Å². The fourth-order valence-electron chi connectivity index (χ4n) is 5.51. The van der Waals surface area contributed by atoms with Crippen LogP contribution in [-0.4, -0.2) is 79.7 Å². The van der Waals surface area contributed by atoms with Crippen molar-refractivity contribution in [3.8, 4) is 17.2 Å². The second kappa shape index (κ2) is 15.1. The lowest BCUT2D eigenvalue weighted by atomic mass is 9.95. The van der Waals surface area contributed by atoms with E-state index >= 15 is 0 Å². The van der Waals surface area contributed by atoms with Crippen molar-refractivity contribution < 1.29 is 33.6 Å². The zero-order chi connectivity index (χ0) is 31.8. The molecule has 45 heavy (non-hydrogen) atoms. The molecule has 2 saturated heterocycles. The third-order valence-corrected chi connectivity index (χ3v) is 8.13. The Morgan fingerprint density at radius 1 is 0.933 bits per heavy atom. The second-order valence-electron chi connectivity index (χ2n) is 11.7. The Hall–Kier alpha value is -4.34. The number of rotatable bonds is 13. The number of amides is 1. The third kappa shape index (κ3) is 7.85. The summed E-state index contributed by atoms with van der Waals surface area (Å²) >= 11 is 0. The van der Waals surface area contributed by atoms with E-state index in [0.717, 1.165) is 25.1 Å². The normalized spacial score (nSPS) is 18.4. The Balaban J connectivity index is 1.45.